The van der Waals surface area contributed by atoms with Crippen molar-refractivity contribution in [3.05, 3.63) is 35.6 Å². The molecule has 0 aliphatic heterocycles. The molecule has 0 radical (unpaired) electrons. The zero-order valence-corrected chi connectivity index (χ0v) is 14.6. The maximum absolute atomic E-state index is 13.0. The van der Waals surface area contributed by atoms with Crippen LogP contribution in [0.2, 0.25) is 0 Å². The standard InChI is InChI=1S/C17H27FN4O/c1-6-20-15(23)17(2,3)12-21-16(19-4)22(5)11-13-7-9-14(18)10-8-13/h7-10H,6,11-12H2,1-5H3,(H,19,21)(H,20,23). The topological polar surface area (TPSA) is 56.7 Å². The lowest BCUT2D eigenvalue weighted by Gasteiger charge is -2.28. The van der Waals surface area contributed by atoms with E-state index in [2.05, 4.69) is 15.6 Å². The van der Waals surface area contributed by atoms with Crippen molar-refractivity contribution < 1.29 is 9.18 Å². The van der Waals surface area contributed by atoms with Gasteiger partial charge in [0.1, 0.15) is 5.82 Å². The van der Waals surface area contributed by atoms with E-state index in [0.29, 0.717) is 25.6 Å². The van der Waals surface area contributed by atoms with Crippen LogP contribution in [0.3, 0.4) is 0 Å². The third-order valence-corrected chi connectivity index (χ3v) is 3.55. The number of hydrogen-bond acceptors (Lipinski definition) is 2. The van der Waals surface area contributed by atoms with E-state index in [1.54, 1.807) is 19.2 Å². The van der Waals surface area contributed by atoms with Crippen molar-refractivity contribution in [1.29, 1.82) is 0 Å². The molecule has 1 rings (SSSR count). The molecule has 0 heterocycles. The minimum atomic E-state index is -0.539. The Balaban J connectivity index is 2.62. The molecule has 0 saturated carbocycles. The van der Waals surface area contributed by atoms with Gasteiger partial charge in [0.05, 0.1) is 5.41 Å². The molecule has 0 bridgehead atoms. The first-order valence-corrected chi connectivity index (χ1v) is 7.74. The second-order valence-corrected chi connectivity index (χ2v) is 6.13. The van der Waals surface area contributed by atoms with E-state index in [1.807, 2.05) is 32.7 Å². The molecule has 0 fully saturated rings. The number of rotatable bonds is 6. The van der Waals surface area contributed by atoms with Gasteiger partial charge in [0.2, 0.25) is 5.91 Å². The number of nitrogens with one attached hydrogen (secondary N) is 2. The van der Waals surface area contributed by atoms with E-state index in [9.17, 15) is 9.18 Å². The van der Waals surface area contributed by atoms with Gasteiger partial charge in [0, 0.05) is 33.7 Å². The predicted octanol–water partition coefficient (Wildman–Crippen LogP) is 2.00. The quantitative estimate of drug-likeness (QED) is 0.622. The summed E-state index contributed by atoms with van der Waals surface area (Å²) in [6.45, 7) is 7.36. The molecule has 1 amide bonds. The molecule has 1 aromatic carbocycles. The SMILES string of the molecule is CCNC(=O)C(C)(C)CNC(=NC)N(C)Cc1ccc(F)cc1. The highest BCUT2D eigenvalue weighted by molar-refractivity contribution is 5.84. The van der Waals surface area contributed by atoms with Crippen LogP contribution < -0.4 is 10.6 Å². The summed E-state index contributed by atoms with van der Waals surface area (Å²) in [6, 6.07) is 6.38. The van der Waals surface area contributed by atoms with Gasteiger partial charge in [-0.2, -0.15) is 0 Å². The van der Waals surface area contributed by atoms with Crippen molar-refractivity contribution in [2.24, 2.45) is 10.4 Å². The van der Waals surface area contributed by atoms with Gasteiger partial charge in [-0.05, 0) is 38.5 Å². The summed E-state index contributed by atoms with van der Waals surface area (Å²) in [5, 5.41) is 6.06. The minimum absolute atomic E-state index is 0.00383. The minimum Gasteiger partial charge on any atom is -0.356 e. The first-order valence-electron chi connectivity index (χ1n) is 7.74. The fourth-order valence-electron chi connectivity index (χ4n) is 2.10. The molecule has 5 nitrogen and oxygen atoms in total. The fourth-order valence-corrected chi connectivity index (χ4v) is 2.10. The summed E-state index contributed by atoms with van der Waals surface area (Å²) in [7, 11) is 3.60. The Morgan fingerprint density at radius 1 is 1.26 bits per heavy atom. The lowest BCUT2D eigenvalue weighted by molar-refractivity contribution is -0.128. The van der Waals surface area contributed by atoms with E-state index in [-0.39, 0.29) is 11.7 Å². The third-order valence-electron chi connectivity index (χ3n) is 3.55. The number of hydrogen-bond donors (Lipinski definition) is 2. The highest BCUT2D eigenvalue weighted by Gasteiger charge is 2.27. The van der Waals surface area contributed by atoms with Crippen molar-refractivity contribution in [2.45, 2.75) is 27.3 Å². The second-order valence-electron chi connectivity index (χ2n) is 6.13. The van der Waals surface area contributed by atoms with Gasteiger partial charge in [-0.3, -0.25) is 9.79 Å². The van der Waals surface area contributed by atoms with Crippen molar-refractivity contribution >= 4 is 11.9 Å². The van der Waals surface area contributed by atoms with Crippen LogP contribution >= 0.6 is 0 Å². The lowest BCUT2D eigenvalue weighted by atomic mass is 9.92. The summed E-state index contributed by atoms with van der Waals surface area (Å²) in [6.07, 6.45) is 0. The van der Waals surface area contributed by atoms with E-state index < -0.39 is 5.41 Å². The van der Waals surface area contributed by atoms with Gasteiger partial charge >= 0.3 is 0 Å². The van der Waals surface area contributed by atoms with Crippen molar-refractivity contribution in [3.63, 3.8) is 0 Å². The Hall–Kier alpha value is -2.11. The number of carbonyl (C=O) groups is 1. The van der Waals surface area contributed by atoms with Gasteiger partial charge in [-0.1, -0.05) is 12.1 Å². The number of carbonyl (C=O) groups excluding carboxylic acids is 1. The highest BCUT2D eigenvalue weighted by atomic mass is 19.1. The Labute approximate surface area is 138 Å². The molecule has 23 heavy (non-hydrogen) atoms. The van der Waals surface area contributed by atoms with Crippen LogP contribution in [0.5, 0.6) is 0 Å². The van der Waals surface area contributed by atoms with Gasteiger partial charge in [0.15, 0.2) is 5.96 Å². The van der Waals surface area contributed by atoms with Crippen LogP contribution in [0.1, 0.15) is 26.3 Å². The van der Waals surface area contributed by atoms with Crippen LogP contribution in [0, 0.1) is 11.2 Å². The van der Waals surface area contributed by atoms with Crippen molar-refractivity contribution in [1.82, 2.24) is 15.5 Å². The molecule has 1 aromatic rings. The summed E-state index contributed by atoms with van der Waals surface area (Å²) >= 11 is 0. The molecule has 0 saturated heterocycles. The number of benzene rings is 1. The average Bonchev–Trinajstić information content (AvgIpc) is 2.50. The number of guanidine groups is 1. The summed E-state index contributed by atoms with van der Waals surface area (Å²) in [5.74, 6) is 0.443. The second kappa shape index (κ2) is 8.50. The molecular formula is C17H27FN4O. The van der Waals surface area contributed by atoms with Crippen LogP contribution in [-0.2, 0) is 11.3 Å². The van der Waals surface area contributed by atoms with Gasteiger partial charge in [-0.25, -0.2) is 4.39 Å². The van der Waals surface area contributed by atoms with Gasteiger partial charge in [0.25, 0.3) is 0 Å². The molecule has 0 unspecified atom stereocenters. The van der Waals surface area contributed by atoms with Crippen LogP contribution in [0.15, 0.2) is 29.3 Å². The first kappa shape index (κ1) is 18.9. The van der Waals surface area contributed by atoms with Gasteiger partial charge in [-0.15, -0.1) is 0 Å². The number of nitrogens with zero attached hydrogens (tertiary/aromatic N) is 2. The largest absolute Gasteiger partial charge is 0.356 e. The molecule has 0 aliphatic carbocycles. The normalized spacial score (nSPS) is 12.0. The van der Waals surface area contributed by atoms with Crippen molar-refractivity contribution in [3.8, 4) is 0 Å². The zero-order chi connectivity index (χ0) is 17.5. The molecule has 0 spiro atoms. The summed E-state index contributed by atoms with van der Waals surface area (Å²) in [4.78, 5) is 18.2. The number of amides is 1. The maximum atomic E-state index is 13.0. The Kier molecular flexibility index (Phi) is 7.00. The molecule has 0 aliphatic rings. The molecule has 2 N–H and O–H groups in total. The van der Waals surface area contributed by atoms with Crippen molar-refractivity contribution in [2.75, 3.05) is 27.2 Å². The van der Waals surface area contributed by atoms with Crippen LogP contribution in [-0.4, -0.2) is 44.0 Å². The molecule has 128 valence electrons. The monoisotopic (exact) mass is 322 g/mol. The van der Waals surface area contributed by atoms with E-state index >= 15 is 0 Å². The Morgan fingerprint density at radius 3 is 2.39 bits per heavy atom. The average molecular weight is 322 g/mol. The maximum Gasteiger partial charge on any atom is 0.227 e. The summed E-state index contributed by atoms with van der Waals surface area (Å²) in [5.41, 5.74) is 0.447. The van der Waals surface area contributed by atoms with Gasteiger partial charge < -0.3 is 15.5 Å². The lowest BCUT2D eigenvalue weighted by Crippen LogP contribution is -2.48. The first-order chi connectivity index (χ1) is 10.8. The van der Waals surface area contributed by atoms with E-state index in [4.69, 9.17) is 0 Å². The molecular weight excluding hydrogens is 295 g/mol. The third kappa shape index (κ3) is 5.88. The number of halogens is 1. The Bertz CT molecular complexity index is 540. The zero-order valence-electron chi connectivity index (χ0n) is 14.6. The predicted molar refractivity (Wildman–Crippen MR) is 91.7 cm³/mol. The number of aliphatic imine (C=N–C) groups is 1. The smallest absolute Gasteiger partial charge is 0.227 e. The van der Waals surface area contributed by atoms with Crippen LogP contribution in [0.25, 0.3) is 0 Å². The molecule has 0 aromatic heterocycles. The molecule has 0 atom stereocenters. The Morgan fingerprint density at radius 2 is 1.87 bits per heavy atom. The highest BCUT2D eigenvalue weighted by Crippen LogP contribution is 2.14. The van der Waals surface area contributed by atoms with E-state index in [1.165, 1.54) is 12.1 Å². The summed E-state index contributed by atoms with van der Waals surface area (Å²) < 4.78 is 13.0. The van der Waals surface area contributed by atoms with E-state index in [0.717, 1.165) is 5.56 Å². The van der Waals surface area contributed by atoms with Crippen LogP contribution in [0.4, 0.5) is 4.39 Å². The fraction of sp³-hybridized carbons (Fsp3) is 0.529. The molecule has 6 heteroatoms.